The van der Waals surface area contributed by atoms with Gasteiger partial charge in [-0.25, -0.2) is 5.10 Å². The van der Waals surface area contributed by atoms with Crippen molar-refractivity contribution in [2.24, 2.45) is 0 Å². The zero-order chi connectivity index (χ0) is 13.1. The van der Waals surface area contributed by atoms with E-state index in [0.29, 0.717) is 5.56 Å². The quantitative estimate of drug-likeness (QED) is 0.901. The number of ether oxygens (including phenoxy) is 1. The van der Waals surface area contributed by atoms with Crippen molar-refractivity contribution < 1.29 is 9.13 Å². The Labute approximate surface area is 106 Å². The molecular formula is C10H10ClFN4O2. The normalized spacial score (nSPS) is 12.6. The van der Waals surface area contributed by atoms with Crippen LogP contribution in [0.4, 0.5) is 4.39 Å². The molecule has 2 aromatic heterocycles. The summed E-state index contributed by atoms with van der Waals surface area (Å²) in [6.07, 6.45) is 1.42. The summed E-state index contributed by atoms with van der Waals surface area (Å²) in [7, 11) is 1.48. The highest BCUT2D eigenvalue weighted by atomic mass is 35.5. The smallest absolute Gasteiger partial charge is 0.269 e. The fraction of sp³-hybridized carbons (Fsp3) is 0.300. The number of H-pyrrole nitrogens is 1. The first-order chi connectivity index (χ1) is 8.61. The lowest BCUT2D eigenvalue weighted by molar-refractivity contribution is 0.163. The molecule has 0 aliphatic heterocycles. The lowest BCUT2D eigenvalue weighted by atomic mass is 10.1. The van der Waals surface area contributed by atoms with Gasteiger partial charge in [0, 0.05) is 24.9 Å². The minimum Gasteiger partial charge on any atom is -0.382 e. The van der Waals surface area contributed by atoms with Crippen molar-refractivity contribution in [3.63, 3.8) is 0 Å². The van der Waals surface area contributed by atoms with Crippen molar-refractivity contribution in [2.75, 3.05) is 13.7 Å². The zero-order valence-corrected chi connectivity index (χ0v) is 10.2. The number of halogens is 2. The largest absolute Gasteiger partial charge is 0.382 e. The van der Waals surface area contributed by atoms with Gasteiger partial charge in [-0.15, -0.1) is 5.10 Å². The first-order valence-electron chi connectivity index (χ1n) is 5.06. The Morgan fingerprint density at radius 1 is 1.67 bits per heavy atom. The summed E-state index contributed by atoms with van der Waals surface area (Å²) in [6, 6.07) is 2.03. The number of methoxy groups -OCH3 is 1. The summed E-state index contributed by atoms with van der Waals surface area (Å²) >= 11 is 5.73. The standard InChI is InChI=1S/C10H10ClFN4O2/c1-18-5-7(16-3-2-9(12)15-16)6-4-8(11)13-14-10(6)17/h2-4,7H,5H2,1H3,(H,14,17). The molecule has 0 bridgehead atoms. The van der Waals surface area contributed by atoms with Crippen molar-refractivity contribution in [2.45, 2.75) is 6.04 Å². The first kappa shape index (κ1) is 12.7. The maximum atomic E-state index is 12.9. The Hall–Kier alpha value is -1.73. The van der Waals surface area contributed by atoms with E-state index in [1.807, 2.05) is 0 Å². The van der Waals surface area contributed by atoms with Crippen LogP contribution in [0.1, 0.15) is 11.6 Å². The molecule has 1 N–H and O–H groups in total. The first-order valence-corrected chi connectivity index (χ1v) is 5.44. The molecule has 8 heteroatoms. The molecule has 0 radical (unpaired) electrons. The van der Waals surface area contributed by atoms with Gasteiger partial charge < -0.3 is 4.74 Å². The number of aromatic amines is 1. The Morgan fingerprint density at radius 3 is 3.06 bits per heavy atom. The Bertz CT molecular complexity index is 598. The third-order valence-electron chi connectivity index (χ3n) is 2.38. The van der Waals surface area contributed by atoms with Crippen LogP contribution in [0.25, 0.3) is 0 Å². The second-order valence-corrected chi connectivity index (χ2v) is 3.95. The van der Waals surface area contributed by atoms with Crippen LogP contribution >= 0.6 is 11.6 Å². The molecule has 6 nitrogen and oxygen atoms in total. The van der Waals surface area contributed by atoms with Crippen molar-refractivity contribution in [1.29, 1.82) is 0 Å². The number of nitrogens with one attached hydrogen (secondary N) is 1. The third kappa shape index (κ3) is 2.57. The van der Waals surface area contributed by atoms with E-state index in [9.17, 15) is 9.18 Å². The maximum absolute atomic E-state index is 12.9. The van der Waals surface area contributed by atoms with E-state index in [1.54, 1.807) is 0 Å². The lowest BCUT2D eigenvalue weighted by Crippen LogP contribution is -2.25. The van der Waals surface area contributed by atoms with Crippen LogP contribution in [0.5, 0.6) is 0 Å². The number of hydrogen-bond donors (Lipinski definition) is 1. The molecule has 0 aliphatic carbocycles. The fourth-order valence-electron chi connectivity index (χ4n) is 1.60. The molecule has 18 heavy (non-hydrogen) atoms. The van der Waals surface area contributed by atoms with Gasteiger partial charge in [0.25, 0.3) is 5.56 Å². The molecule has 0 saturated carbocycles. The molecule has 0 spiro atoms. The Balaban J connectivity index is 2.47. The van der Waals surface area contributed by atoms with Gasteiger partial charge in [0.05, 0.1) is 6.61 Å². The lowest BCUT2D eigenvalue weighted by Gasteiger charge is -2.15. The van der Waals surface area contributed by atoms with Gasteiger partial charge in [-0.05, 0) is 6.07 Å². The minimum absolute atomic E-state index is 0.137. The predicted molar refractivity (Wildman–Crippen MR) is 62.1 cm³/mol. The molecule has 96 valence electrons. The van der Waals surface area contributed by atoms with Crippen LogP contribution in [-0.4, -0.2) is 33.7 Å². The molecular weight excluding hydrogens is 263 g/mol. The second-order valence-electron chi connectivity index (χ2n) is 3.56. The SMILES string of the molecule is COCC(c1cc(Cl)n[nH]c1=O)n1ccc(F)n1. The van der Waals surface area contributed by atoms with Gasteiger partial charge in [0.2, 0.25) is 5.95 Å². The maximum Gasteiger partial charge on any atom is 0.269 e. The van der Waals surface area contributed by atoms with Crippen LogP contribution in [0.2, 0.25) is 5.15 Å². The van der Waals surface area contributed by atoms with Crippen LogP contribution in [0, 0.1) is 5.95 Å². The van der Waals surface area contributed by atoms with Crippen LogP contribution < -0.4 is 5.56 Å². The van der Waals surface area contributed by atoms with Crippen molar-refractivity contribution in [3.8, 4) is 0 Å². The molecule has 0 amide bonds. The topological polar surface area (TPSA) is 72.8 Å². The minimum atomic E-state index is -0.632. The van der Waals surface area contributed by atoms with E-state index in [-0.39, 0.29) is 11.8 Å². The second kappa shape index (κ2) is 5.28. The molecule has 0 aliphatic rings. The van der Waals surface area contributed by atoms with E-state index in [2.05, 4.69) is 15.3 Å². The highest BCUT2D eigenvalue weighted by molar-refractivity contribution is 6.29. The number of nitrogens with zero attached hydrogens (tertiary/aromatic N) is 3. The summed E-state index contributed by atoms with van der Waals surface area (Å²) in [4.78, 5) is 11.7. The van der Waals surface area contributed by atoms with Crippen LogP contribution in [0.3, 0.4) is 0 Å². The van der Waals surface area contributed by atoms with Crippen LogP contribution in [0.15, 0.2) is 23.1 Å². The van der Waals surface area contributed by atoms with Gasteiger partial charge >= 0.3 is 0 Å². The monoisotopic (exact) mass is 272 g/mol. The highest BCUT2D eigenvalue weighted by Gasteiger charge is 2.19. The molecule has 0 saturated heterocycles. The van der Waals surface area contributed by atoms with Gasteiger partial charge in [0.15, 0.2) is 0 Å². The number of rotatable bonds is 4. The summed E-state index contributed by atoms with van der Waals surface area (Å²) in [5.74, 6) is -0.632. The van der Waals surface area contributed by atoms with Crippen molar-refractivity contribution >= 4 is 11.6 Å². The van der Waals surface area contributed by atoms with Crippen molar-refractivity contribution in [3.05, 3.63) is 45.3 Å². The van der Waals surface area contributed by atoms with Crippen molar-refractivity contribution in [1.82, 2.24) is 20.0 Å². The van der Waals surface area contributed by atoms with Crippen LogP contribution in [-0.2, 0) is 4.74 Å². The van der Waals surface area contributed by atoms with Gasteiger partial charge in [-0.3, -0.25) is 9.48 Å². The van der Waals surface area contributed by atoms with E-state index in [4.69, 9.17) is 16.3 Å². The third-order valence-corrected chi connectivity index (χ3v) is 2.57. The zero-order valence-electron chi connectivity index (χ0n) is 9.43. The summed E-state index contributed by atoms with van der Waals surface area (Å²) in [6.45, 7) is 0.157. The summed E-state index contributed by atoms with van der Waals surface area (Å²) < 4.78 is 19.2. The molecule has 0 aromatic carbocycles. The fourth-order valence-corrected chi connectivity index (χ4v) is 1.76. The average molecular weight is 273 g/mol. The van der Waals surface area contributed by atoms with Gasteiger partial charge in [-0.1, -0.05) is 11.6 Å². The highest BCUT2D eigenvalue weighted by Crippen LogP contribution is 2.16. The predicted octanol–water partition coefficient (Wildman–Crippen LogP) is 0.995. The molecule has 1 atom stereocenters. The Kier molecular flexibility index (Phi) is 3.73. The Morgan fingerprint density at radius 2 is 2.44 bits per heavy atom. The summed E-state index contributed by atoms with van der Waals surface area (Å²) in [5, 5.41) is 9.59. The van der Waals surface area contributed by atoms with Gasteiger partial charge in [0.1, 0.15) is 11.2 Å². The summed E-state index contributed by atoms with van der Waals surface area (Å²) in [5.41, 5.74) is -0.114. The molecule has 2 heterocycles. The number of aromatic nitrogens is 4. The molecule has 0 fully saturated rings. The molecule has 1 unspecified atom stereocenters. The molecule has 2 rings (SSSR count). The van der Waals surface area contributed by atoms with E-state index < -0.39 is 17.5 Å². The van der Waals surface area contributed by atoms with E-state index in [1.165, 1.54) is 30.1 Å². The molecule has 2 aromatic rings. The average Bonchev–Trinajstić information content (AvgIpc) is 2.76. The van der Waals surface area contributed by atoms with Gasteiger partial charge in [-0.2, -0.15) is 9.49 Å². The number of hydrogen-bond acceptors (Lipinski definition) is 4. The van der Waals surface area contributed by atoms with E-state index in [0.717, 1.165) is 0 Å². The van der Waals surface area contributed by atoms with E-state index >= 15 is 0 Å².